The van der Waals surface area contributed by atoms with E-state index in [1.54, 1.807) is 4.90 Å². The normalized spacial score (nSPS) is 18.9. The van der Waals surface area contributed by atoms with Gasteiger partial charge in [0.15, 0.2) is 0 Å². The number of carboxylic acid groups (broad SMARTS) is 1. The molecule has 1 aliphatic heterocycles. The number of benzene rings is 1. The minimum atomic E-state index is -1.25. The fourth-order valence-electron chi connectivity index (χ4n) is 2.20. The van der Waals surface area contributed by atoms with Crippen LogP contribution in [0.3, 0.4) is 0 Å². The highest BCUT2D eigenvalue weighted by Gasteiger charge is 2.26. The molecule has 1 saturated heterocycles. The zero-order chi connectivity index (χ0) is 14.9. The molecule has 0 spiro atoms. The predicted octanol–water partition coefficient (Wildman–Crippen LogP) is 2.17. The van der Waals surface area contributed by atoms with E-state index in [0.29, 0.717) is 25.4 Å². The summed E-state index contributed by atoms with van der Waals surface area (Å²) in [6.45, 7) is 3.29. The van der Waals surface area contributed by atoms with E-state index in [9.17, 15) is 20.0 Å². The lowest BCUT2D eigenvalue weighted by molar-refractivity contribution is -0.384. The summed E-state index contributed by atoms with van der Waals surface area (Å²) in [5.74, 6) is -1.25. The molecule has 0 bridgehead atoms. The summed E-state index contributed by atoms with van der Waals surface area (Å²) in [5.41, 5.74) is -0.198. The molecule has 8 heteroatoms. The van der Waals surface area contributed by atoms with Crippen LogP contribution in [0.15, 0.2) is 12.1 Å². The summed E-state index contributed by atoms with van der Waals surface area (Å²) in [6.07, 6.45) is -0.0587. The molecule has 1 N–H and O–H groups in total. The molecule has 7 nitrogen and oxygen atoms in total. The third-order valence-electron chi connectivity index (χ3n) is 3.05. The van der Waals surface area contributed by atoms with Gasteiger partial charge in [-0.15, -0.1) is 0 Å². The van der Waals surface area contributed by atoms with Gasteiger partial charge in [0.1, 0.15) is 0 Å². The van der Waals surface area contributed by atoms with Gasteiger partial charge in [0.25, 0.3) is 5.69 Å². The number of carbonyl (C=O) groups is 1. The first-order valence-electron chi connectivity index (χ1n) is 5.98. The molecular weight excluding hydrogens is 288 g/mol. The van der Waals surface area contributed by atoms with Gasteiger partial charge in [-0.3, -0.25) is 10.1 Å². The molecular formula is C12H13ClN2O5. The lowest BCUT2D eigenvalue weighted by Gasteiger charge is -2.34. The number of aromatic carboxylic acids is 1. The van der Waals surface area contributed by atoms with Crippen LogP contribution in [-0.4, -0.2) is 41.8 Å². The number of halogens is 1. The molecule has 2 rings (SSSR count). The molecule has 0 radical (unpaired) electrons. The molecule has 1 heterocycles. The summed E-state index contributed by atoms with van der Waals surface area (Å²) in [7, 11) is 0. The molecule has 0 saturated carbocycles. The Labute approximate surface area is 119 Å². The van der Waals surface area contributed by atoms with Crippen molar-refractivity contribution in [2.24, 2.45) is 0 Å². The van der Waals surface area contributed by atoms with Crippen LogP contribution in [0.5, 0.6) is 0 Å². The molecule has 20 heavy (non-hydrogen) atoms. The fraction of sp³-hybridized carbons (Fsp3) is 0.417. The fourth-order valence-corrected chi connectivity index (χ4v) is 2.53. The number of carboxylic acids is 1. The summed E-state index contributed by atoms with van der Waals surface area (Å²) in [4.78, 5) is 23.2. The van der Waals surface area contributed by atoms with Gasteiger partial charge >= 0.3 is 5.97 Å². The Balaban J connectivity index is 2.50. The van der Waals surface area contributed by atoms with Crippen LogP contribution in [0, 0.1) is 10.1 Å². The molecule has 0 aliphatic carbocycles. The van der Waals surface area contributed by atoms with Crippen molar-refractivity contribution in [1.29, 1.82) is 0 Å². The molecule has 1 aliphatic rings. The number of nitro benzene ring substituents is 1. The predicted molar refractivity (Wildman–Crippen MR) is 72.7 cm³/mol. The standard InChI is InChI=1S/C12H13ClN2O5/c1-7-6-14(2-3-20-7)11-9(12(16)17)4-8(15(18)19)5-10(11)13/h4-5,7H,2-3,6H2,1H3,(H,16,17). The van der Waals surface area contributed by atoms with Crippen molar-refractivity contribution in [3.05, 3.63) is 32.8 Å². The van der Waals surface area contributed by atoms with E-state index in [4.69, 9.17) is 16.3 Å². The highest BCUT2D eigenvalue weighted by Crippen LogP contribution is 2.35. The van der Waals surface area contributed by atoms with Gasteiger partial charge in [-0.1, -0.05) is 11.6 Å². The van der Waals surface area contributed by atoms with Crippen LogP contribution in [-0.2, 0) is 4.74 Å². The number of nitro groups is 1. The van der Waals surface area contributed by atoms with Crippen molar-refractivity contribution in [3.8, 4) is 0 Å². The van der Waals surface area contributed by atoms with E-state index in [0.717, 1.165) is 6.07 Å². The Kier molecular flexibility index (Phi) is 4.10. The maximum atomic E-state index is 11.3. The second-order valence-corrected chi connectivity index (χ2v) is 4.92. The number of ether oxygens (including phenoxy) is 1. The Morgan fingerprint density at radius 3 is 2.85 bits per heavy atom. The number of nitrogens with zero attached hydrogens (tertiary/aromatic N) is 2. The average molecular weight is 301 g/mol. The van der Waals surface area contributed by atoms with Gasteiger partial charge in [-0.2, -0.15) is 0 Å². The minimum Gasteiger partial charge on any atom is -0.478 e. The van der Waals surface area contributed by atoms with Crippen molar-refractivity contribution in [2.45, 2.75) is 13.0 Å². The van der Waals surface area contributed by atoms with Gasteiger partial charge in [0.2, 0.25) is 0 Å². The van der Waals surface area contributed by atoms with E-state index in [-0.39, 0.29) is 22.4 Å². The Hall–Kier alpha value is -1.86. The second-order valence-electron chi connectivity index (χ2n) is 4.51. The van der Waals surface area contributed by atoms with Gasteiger partial charge in [0, 0.05) is 25.2 Å². The van der Waals surface area contributed by atoms with E-state index >= 15 is 0 Å². The zero-order valence-electron chi connectivity index (χ0n) is 10.7. The van der Waals surface area contributed by atoms with Crippen LogP contribution in [0.4, 0.5) is 11.4 Å². The van der Waals surface area contributed by atoms with E-state index in [2.05, 4.69) is 0 Å². The minimum absolute atomic E-state index is 0.0587. The largest absolute Gasteiger partial charge is 0.478 e. The molecule has 1 aromatic rings. The monoisotopic (exact) mass is 300 g/mol. The number of hydrogen-bond acceptors (Lipinski definition) is 5. The van der Waals surface area contributed by atoms with E-state index in [1.165, 1.54) is 6.07 Å². The Morgan fingerprint density at radius 1 is 1.60 bits per heavy atom. The summed E-state index contributed by atoms with van der Waals surface area (Å²) < 4.78 is 5.39. The van der Waals surface area contributed by atoms with E-state index in [1.807, 2.05) is 6.92 Å². The summed E-state index contributed by atoms with van der Waals surface area (Å²) in [5, 5.41) is 20.1. The highest BCUT2D eigenvalue weighted by atomic mass is 35.5. The van der Waals surface area contributed by atoms with Crippen LogP contribution < -0.4 is 4.90 Å². The third kappa shape index (κ3) is 2.83. The molecule has 1 unspecified atom stereocenters. The number of hydrogen-bond donors (Lipinski definition) is 1. The average Bonchev–Trinajstić information content (AvgIpc) is 2.37. The number of rotatable bonds is 3. The van der Waals surface area contributed by atoms with Crippen LogP contribution >= 0.6 is 11.6 Å². The Morgan fingerprint density at radius 2 is 2.30 bits per heavy atom. The van der Waals surface area contributed by atoms with Crippen molar-refractivity contribution in [2.75, 3.05) is 24.6 Å². The SMILES string of the molecule is CC1CN(c2c(Cl)cc([N+](=O)[O-])cc2C(=O)O)CCO1. The van der Waals surface area contributed by atoms with Crippen molar-refractivity contribution < 1.29 is 19.6 Å². The topological polar surface area (TPSA) is 92.9 Å². The molecule has 1 fully saturated rings. The van der Waals surface area contributed by atoms with Gasteiger partial charge in [-0.05, 0) is 6.92 Å². The van der Waals surface area contributed by atoms with E-state index < -0.39 is 10.9 Å². The van der Waals surface area contributed by atoms with Crippen LogP contribution in [0.25, 0.3) is 0 Å². The maximum Gasteiger partial charge on any atom is 0.338 e. The molecule has 108 valence electrons. The quantitative estimate of drug-likeness (QED) is 0.679. The van der Waals surface area contributed by atoms with Gasteiger partial charge in [-0.25, -0.2) is 4.79 Å². The second kappa shape index (κ2) is 5.64. The van der Waals surface area contributed by atoms with Crippen LogP contribution in [0.1, 0.15) is 17.3 Å². The molecule has 1 aromatic carbocycles. The highest BCUT2D eigenvalue weighted by molar-refractivity contribution is 6.34. The van der Waals surface area contributed by atoms with Crippen molar-refractivity contribution in [3.63, 3.8) is 0 Å². The first kappa shape index (κ1) is 14.5. The van der Waals surface area contributed by atoms with Gasteiger partial charge in [0.05, 0.1) is 33.9 Å². The zero-order valence-corrected chi connectivity index (χ0v) is 11.5. The maximum absolute atomic E-state index is 11.3. The third-order valence-corrected chi connectivity index (χ3v) is 3.33. The first-order chi connectivity index (χ1) is 9.40. The molecule has 0 aromatic heterocycles. The molecule has 1 atom stereocenters. The summed E-state index contributed by atoms with van der Waals surface area (Å²) >= 11 is 6.05. The number of non-ortho nitro benzene ring substituents is 1. The number of anilines is 1. The van der Waals surface area contributed by atoms with Crippen molar-refractivity contribution in [1.82, 2.24) is 0 Å². The van der Waals surface area contributed by atoms with Crippen LogP contribution in [0.2, 0.25) is 5.02 Å². The van der Waals surface area contributed by atoms with Gasteiger partial charge < -0.3 is 14.7 Å². The Bertz CT molecular complexity index is 563. The smallest absolute Gasteiger partial charge is 0.338 e. The number of morpholine rings is 1. The summed E-state index contributed by atoms with van der Waals surface area (Å²) in [6, 6.07) is 2.20. The van der Waals surface area contributed by atoms with Crippen molar-refractivity contribution >= 4 is 28.9 Å². The first-order valence-corrected chi connectivity index (χ1v) is 6.35. The molecule has 0 amide bonds. The lowest BCUT2D eigenvalue weighted by Crippen LogP contribution is -2.42. The lowest BCUT2D eigenvalue weighted by atomic mass is 10.1.